The number of amides is 1. The molecule has 0 saturated carbocycles. The molecule has 0 atom stereocenters. The molecule has 5 heteroatoms. The van der Waals surface area contributed by atoms with Gasteiger partial charge in [-0.3, -0.25) is 14.8 Å². The van der Waals surface area contributed by atoms with Crippen LogP contribution in [-0.2, 0) is 0 Å². The molecule has 140 valence electrons. The van der Waals surface area contributed by atoms with E-state index in [1.54, 1.807) is 24.3 Å². The summed E-state index contributed by atoms with van der Waals surface area (Å²) < 4.78 is 0. The first-order valence-corrected chi connectivity index (χ1v) is 9.31. The molecule has 0 unspecified atom stereocenters. The Morgan fingerprint density at radius 2 is 1.82 bits per heavy atom. The van der Waals surface area contributed by atoms with Gasteiger partial charge in [0.05, 0.1) is 17.8 Å². The average Bonchev–Trinajstić information content (AvgIpc) is 2.75. The van der Waals surface area contributed by atoms with Gasteiger partial charge in [-0.2, -0.15) is 0 Å². The molecule has 2 aromatic carbocycles. The molecule has 2 N–H and O–H groups in total. The van der Waals surface area contributed by atoms with Gasteiger partial charge < -0.3 is 10.6 Å². The summed E-state index contributed by atoms with van der Waals surface area (Å²) in [5.41, 5.74) is 10.7. The van der Waals surface area contributed by atoms with Gasteiger partial charge in [0, 0.05) is 42.6 Å². The predicted octanol–water partition coefficient (Wildman–Crippen LogP) is 3.41. The molecule has 1 aromatic heterocycles. The van der Waals surface area contributed by atoms with Crippen LogP contribution in [0.2, 0.25) is 0 Å². The molecule has 2 heterocycles. The number of carbonyl (C=O) groups excluding carboxylic acids is 1. The maximum atomic E-state index is 13.2. The van der Waals surface area contributed by atoms with Crippen LogP contribution in [0.1, 0.15) is 22.3 Å². The van der Waals surface area contributed by atoms with Crippen LogP contribution >= 0.6 is 0 Å². The van der Waals surface area contributed by atoms with Gasteiger partial charge in [-0.1, -0.05) is 54.6 Å². The number of pyridine rings is 1. The van der Waals surface area contributed by atoms with Crippen LogP contribution in [0.5, 0.6) is 0 Å². The summed E-state index contributed by atoms with van der Waals surface area (Å²) in [5.74, 6) is -0.0407. The van der Waals surface area contributed by atoms with Crippen molar-refractivity contribution in [1.82, 2.24) is 9.88 Å². The molecule has 4 rings (SSSR count). The van der Waals surface area contributed by atoms with Gasteiger partial charge in [-0.15, -0.1) is 0 Å². The fraction of sp³-hybridized carbons (Fsp3) is 0.174. The molecule has 1 amide bonds. The number of aromatic nitrogens is 1. The zero-order valence-corrected chi connectivity index (χ0v) is 15.8. The number of benzene rings is 2. The molecule has 0 radical (unpaired) electrons. The molecule has 0 saturated heterocycles. The molecule has 1 aliphatic rings. The maximum Gasteiger partial charge on any atom is 0.256 e. The van der Waals surface area contributed by atoms with Crippen LogP contribution in [-0.4, -0.2) is 41.6 Å². The minimum absolute atomic E-state index is 0.0407. The zero-order chi connectivity index (χ0) is 19.5. The Morgan fingerprint density at radius 1 is 1.07 bits per heavy atom. The number of hydrogen-bond donors (Lipinski definition) is 1. The van der Waals surface area contributed by atoms with Crippen molar-refractivity contribution in [3.05, 3.63) is 89.4 Å². The summed E-state index contributed by atoms with van der Waals surface area (Å²) in [7, 11) is 1.78. The van der Waals surface area contributed by atoms with E-state index in [0.717, 1.165) is 27.6 Å². The van der Waals surface area contributed by atoms with E-state index in [1.807, 2.05) is 54.6 Å². The van der Waals surface area contributed by atoms with Gasteiger partial charge in [-0.05, 0) is 17.4 Å². The average molecular weight is 370 g/mol. The number of carbonyl (C=O) groups is 1. The topological polar surface area (TPSA) is 71.6 Å². The Bertz CT molecular complexity index is 1080. The first-order chi connectivity index (χ1) is 13.7. The van der Waals surface area contributed by atoms with Gasteiger partial charge in [0.25, 0.3) is 5.91 Å². The minimum atomic E-state index is -0.0407. The fourth-order valence-electron chi connectivity index (χ4n) is 3.72. The molecule has 1 aliphatic heterocycles. The van der Waals surface area contributed by atoms with Crippen molar-refractivity contribution >= 4 is 22.4 Å². The Morgan fingerprint density at radius 3 is 2.57 bits per heavy atom. The monoisotopic (exact) mass is 370 g/mol. The third kappa shape index (κ3) is 3.27. The van der Waals surface area contributed by atoms with E-state index in [1.165, 1.54) is 0 Å². The maximum absolute atomic E-state index is 13.2. The standard InChI is InChI=1S/C23H22N4O/c1-25-22(16-7-3-2-4-8-16)19-11-12-27(15-21(19)24)23(28)20-14-26-13-17-9-5-6-10-18(17)20/h2-10,13-14H,11-12,15,24H2,1H3. The second-order valence-corrected chi connectivity index (χ2v) is 6.83. The van der Waals surface area contributed by atoms with E-state index >= 15 is 0 Å². The van der Waals surface area contributed by atoms with Crippen LogP contribution in [0.15, 0.2) is 83.3 Å². The number of hydrogen-bond acceptors (Lipinski definition) is 4. The highest BCUT2D eigenvalue weighted by molar-refractivity contribution is 6.13. The lowest BCUT2D eigenvalue weighted by Crippen LogP contribution is -2.40. The zero-order valence-electron chi connectivity index (χ0n) is 15.8. The van der Waals surface area contributed by atoms with Crippen LogP contribution in [0, 0.1) is 0 Å². The number of rotatable bonds is 3. The summed E-state index contributed by atoms with van der Waals surface area (Å²) in [6, 6.07) is 17.8. The highest BCUT2D eigenvalue weighted by Crippen LogP contribution is 2.24. The van der Waals surface area contributed by atoms with Crippen LogP contribution in [0.4, 0.5) is 0 Å². The second kappa shape index (κ2) is 7.64. The number of fused-ring (bicyclic) bond motifs is 1. The Labute approximate surface area is 164 Å². The van der Waals surface area contributed by atoms with Gasteiger partial charge in [0.1, 0.15) is 0 Å². The van der Waals surface area contributed by atoms with Crippen molar-refractivity contribution < 1.29 is 4.79 Å². The van der Waals surface area contributed by atoms with E-state index in [-0.39, 0.29) is 5.91 Å². The van der Waals surface area contributed by atoms with E-state index in [0.29, 0.717) is 30.8 Å². The number of nitrogens with zero attached hydrogens (tertiary/aromatic N) is 3. The van der Waals surface area contributed by atoms with Gasteiger partial charge in [0.15, 0.2) is 0 Å². The Balaban J connectivity index is 1.62. The van der Waals surface area contributed by atoms with Crippen molar-refractivity contribution in [3.8, 4) is 0 Å². The van der Waals surface area contributed by atoms with E-state index in [9.17, 15) is 4.79 Å². The quantitative estimate of drug-likeness (QED) is 0.718. The third-order valence-corrected chi connectivity index (χ3v) is 5.12. The fourth-order valence-corrected chi connectivity index (χ4v) is 3.72. The molecule has 0 bridgehead atoms. The van der Waals surface area contributed by atoms with Crippen LogP contribution in [0.25, 0.3) is 10.8 Å². The van der Waals surface area contributed by atoms with Crippen molar-refractivity contribution in [2.75, 3.05) is 20.1 Å². The number of nitrogens with two attached hydrogens (primary N) is 1. The molecule has 0 aliphatic carbocycles. The molecule has 3 aromatic rings. The first-order valence-electron chi connectivity index (χ1n) is 9.31. The van der Waals surface area contributed by atoms with Crippen molar-refractivity contribution in [2.45, 2.75) is 6.42 Å². The first kappa shape index (κ1) is 17.9. The highest BCUT2D eigenvalue weighted by atomic mass is 16.2. The minimum Gasteiger partial charge on any atom is -0.400 e. The summed E-state index contributed by atoms with van der Waals surface area (Å²) in [4.78, 5) is 23.6. The lowest BCUT2D eigenvalue weighted by atomic mass is 9.94. The normalized spacial score (nSPS) is 15.2. The molecular formula is C23H22N4O. The van der Waals surface area contributed by atoms with Gasteiger partial charge >= 0.3 is 0 Å². The van der Waals surface area contributed by atoms with Crippen molar-refractivity contribution in [1.29, 1.82) is 0 Å². The summed E-state index contributed by atoms with van der Waals surface area (Å²) in [6.07, 6.45) is 4.10. The highest BCUT2D eigenvalue weighted by Gasteiger charge is 2.26. The second-order valence-electron chi connectivity index (χ2n) is 6.83. The summed E-state index contributed by atoms with van der Waals surface area (Å²) in [6.45, 7) is 0.993. The lowest BCUT2D eigenvalue weighted by Gasteiger charge is -2.30. The van der Waals surface area contributed by atoms with E-state index in [2.05, 4.69) is 9.98 Å². The van der Waals surface area contributed by atoms with E-state index < -0.39 is 0 Å². The van der Waals surface area contributed by atoms with Crippen LogP contribution in [0.3, 0.4) is 0 Å². The van der Waals surface area contributed by atoms with Gasteiger partial charge in [-0.25, -0.2) is 0 Å². The third-order valence-electron chi connectivity index (χ3n) is 5.12. The molecular weight excluding hydrogens is 348 g/mol. The van der Waals surface area contributed by atoms with Gasteiger partial charge in [0.2, 0.25) is 0 Å². The van der Waals surface area contributed by atoms with Crippen molar-refractivity contribution in [2.24, 2.45) is 10.7 Å². The van der Waals surface area contributed by atoms with Crippen molar-refractivity contribution in [3.63, 3.8) is 0 Å². The smallest absolute Gasteiger partial charge is 0.256 e. The molecule has 28 heavy (non-hydrogen) atoms. The lowest BCUT2D eigenvalue weighted by molar-refractivity contribution is 0.0765. The molecule has 5 nitrogen and oxygen atoms in total. The summed E-state index contributed by atoms with van der Waals surface area (Å²) >= 11 is 0. The number of aliphatic imine (C=N–C) groups is 1. The van der Waals surface area contributed by atoms with E-state index in [4.69, 9.17) is 5.73 Å². The van der Waals surface area contributed by atoms with Crippen LogP contribution < -0.4 is 5.73 Å². The molecule has 0 fully saturated rings. The Hall–Kier alpha value is -3.47. The SMILES string of the molecule is CN=C(C1=C(N)CN(C(=O)c2cncc3ccccc23)CC1)c1ccccc1. The largest absolute Gasteiger partial charge is 0.400 e. The predicted molar refractivity (Wildman–Crippen MR) is 112 cm³/mol. The molecule has 0 spiro atoms. The summed E-state index contributed by atoms with van der Waals surface area (Å²) in [5, 5.41) is 1.87. The Kier molecular flexibility index (Phi) is 4.89.